The monoisotopic (exact) mass is 425 g/mol. The third-order valence-corrected chi connectivity index (χ3v) is 5.88. The number of benzene rings is 2. The number of carbonyl (C=O) groups excluding carboxylic acids is 1. The van der Waals surface area contributed by atoms with Crippen LogP contribution in [-0.2, 0) is 13.1 Å². The van der Waals surface area contributed by atoms with Gasteiger partial charge >= 0.3 is 6.03 Å². The van der Waals surface area contributed by atoms with Crippen molar-refractivity contribution in [1.29, 1.82) is 0 Å². The van der Waals surface area contributed by atoms with Gasteiger partial charge in [0.1, 0.15) is 0 Å². The van der Waals surface area contributed by atoms with Crippen molar-refractivity contribution in [1.82, 2.24) is 15.1 Å². The van der Waals surface area contributed by atoms with E-state index in [1.807, 2.05) is 48.2 Å². The largest absolute Gasteiger partial charge is 0.334 e. The minimum Gasteiger partial charge on any atom is -0.334 e. The van der Waals surface area contributed by atoms with Crippen LogP contribution in [0, 0.1) is 6.92 Å². The van der Waals surface area contributed by atoms with E-state index >= 15 is 0 Å². The highest BCUT2D eigenvalue weighted by Gasteiger charge is 2.21. The number of aryl methyl sites for hydroxylation is 1. The number of amides is 2. The molecular weight excluding hydrogens is 405 g/mol. The zero-order valence-corrected chi connectivity index (χ0v) is 17.4. The van der Waals surface area contributed by atoms with Crippen molar-refractivity contribution in [2.24, 2.45) is 0 Å². The summed E-state index contributed by atoms with van der Waals surface area (Å²) in [6, 6.07) is 11.5. The van der Waals surface area contributed by atoms with Gasteiger partial charge in [0.2, 0.25) is 0 Å². The Kier molecular flexibility index (Phi) is 6.88. The highest BCUT2D eigenvalue weighted by molar-refractivity contribution is 6.42. The van der Waals surface area contributed by atoms with E-state index in [1.54, 1.807) is 0 Å². The zero-order chi connectivity index (χ0) is 19.4. The maximum atomic E-state index is 12.4. The predicted molar refractivity (Wildman–Crippen MR) is 112 cm³/mol. The van der Waals surface area contributed by atoms with Crippen LogP contribution in [0.4, 0.5) is 4.79 Å². The van der Waals surface area contributed by atoms with E-state index < -0.39 is 0 Å². The van der Waals surface area contributed by atoms with Crippen molar-refractivity contribution >= 4 is 40.8 Å². The first-order chi connectivity index (χ1) is 12.9. The third kappa shape index (κ3) is 5.52. The Morgan fingerprint density at radius 2 is 1.59 bits per heavy atom. The molecule has 1 aliphatic rings. The molecule has 0 atom stereocenters. The molecule has 0 saturated carbocycles. The molecule has 0 bridgehead atoms. The van der Waals surface area contributed by atoms with E-state index in [1.165, 1.54) is 0 Å². The molecule has 144 valence electrons. The van der Waals surface area contributed by atoms with E-state index in [0.717, 1.165) is 41.3 Å². The maximum absolute atomic E-state index is 12.4. The third-order valence-electron chi connectivity index (χ3n) is 4.72. The van der Waals surface area contributed by atoms with Gasteiger partial charge in [0.25, 0.3) is 0 Å². The molecule has 0 aromatic heterocycles. The number of nitrogens with zero attached hydrogens (tertiary/aromatic N) is 2. The molecule has 3 rings (SSSR count). The van der Waals surface area contributed by atoms with Gasteiger partial charge in [-0.25, -0.2) is 4.79 Å². The molecule has 1 N–H and O–H groups in total. The Bertz CT molecular complexity index is 820. The minimum atomic E-state index is -0.0307. The van der Waals surface area contributed by atoms with E-state index in [4.69, 9.17) is 34.8 Å². The molecule has 1 aliphatic heterocycles. The summed E-state index contributed by atoms with van der Waals surface area (Å²) in [6.07, 6.45) is 0. The number of halogens is 3. The highest BCUT2D eigenvalue weighted by atomic mass is 35.5. The fourth-order valence-corrected chi connectivity index (χ4v) is 3.55. The number of hydrogen-bond acceptors (Lipinski definition) is 2. The van der Waals surface area contributed by atoms with Crippen LogP contribution < -0.4 is 5.32 Å². The number of piperazine rings is 1. The van der Waals surface area contributed by atoms with Gasteiger partial charge in [0, 0.05) is 44.3 Å². The normalized spacial score (nSPS) is 15.0. The average Bonchev–Trinajstić information content (AvgIpc) is 2.66. The Morgan fingerprint density at radius 1 is 0.926 bits per heavy atom. The van der Waals surface area contributed by atoms with Crippen LogP contribution in [0.15, 0.2) is 36.4 Å². The molecule has 1 heterocycles. The predicted octanol–water partition coefficient (Wildman–Crippen LogP) is 4.98. The second kappa shape index (κ2) is 9.16. The van der Waals surface area contributed by atoms with Crippen LogP contribution in [0.25, 0.3) is 0 Å². The summed E-state index contributed by atoms with van der Waals surface area (Å²) in [5, 5.41) is 4.87. The van der Waals surface area contributed by atoms with E-state index in [0.29, 0.717) is 29.7 Å². The molecule has 27 heavy (non-hydrogen) atoms. The number of rotatable bonds is 4. The first kappa shape index (κ1) is 20.3. The molecule has 2 amide bonds. The van der Waals surface area contributed by atoms with Crippen LogP contribution in [0.5, 0.6) is 0 Å². The van der Waals surface area contributed by atoms with Gasteiger partial charge in [-0.2, -0.15) is 0 Å². The first-order valence-corrected chi connectivity index (χ1v) is 10.00. The lowest BCUT2D eigenvalue weighted by atomic mass is 10.1. The molecule has 0 radical (unpaired) electrons. The van der Waals surface area contributed by atoms with Crippen molar-refractivity contribution in [3.8, 4) is 0 Å². The van der Waals surface area contributed by atoms with Crippen molar-refractivity contribution in [2.45, 2.75) is 20.0 Å². The molecule has 2 aromatic carbocycles. The summed E-state index contributed by atoms with van der Waals surface area (Å²) in [7, 11) is 0. The van der Waals surface area contributed by atoms with Gasteiger partial charge < -0.3 is 10.2 Å². The molecule has 1 saturated heterocycles. The fourth-order valence-electron chi connectivity index (χ4n) is 3.11. The maximum Gasteiger partial charge on any atom is 0.317 e. The van der Waals surface area contributed by atoms with Crippen LogP contribution in [-0.4, -0.2) is 42.0 Å². The Labute approximate surface area is 175 Å². The number of carbonyl (C=O) groups is 1. The number of hydrogen-bond donors (Lipinski definition) is 1. The minimum absolute atomic E-state index is 0.0307. The Morgan fingerprint density at radius 3 is 2.26 bits per heavy atom. The molecular formula is C20H22Cl3N3O. The SMILES string of the molecule is Cc1cc(CNC(=O)N2CCN(Cc3ccc(Cl)c(Cl)c3)CC2)ccc1Cl. The topological polar surface area (TPSA) is 35.6 Å². The standard InChI is InChI=1S/C20H22Cl3N3O/c1-14-10-15(2-4-17(14)21)12-24-20(27)26-8-6-25(7-9-26)13-16-3-5-18(22)19(23)11-16/h2-5,10-11H,6-9,12-13H2,1H3,(H,24,27). The second-order valence-electron chi connectivity index (χ2n) is 6.75. The average molecular weight is 427 g/mol. The first-order valence-electron chi connectivity index (χ1n) is 8.86. The molecule has 4 nitrogen and oxygen atoms in total. The van der Waals surface area contributed by atoms with Gasteiger partial charge in [0.05, 0.1) is 10.0 Å². The molecule has 0 spiro atoms. The van der Waals surface area contributed by atoms with Gasteiger partial charge in [-0.05, 0) is 41.8 Å². The van der Waals surface area contributed by atoms with Crippen molar-refractivity contribution in [3.63, 3.8) is 0 Å². The van der Waals surface area contributed by atoms with Gasteiger partial charge in [-0.3, -0.25) is 4.90 Å². The summed E-state index contributed by atoms with van der Waals surface area (Å²) < 4.78 is 0. The lowest BCUT2D eigenvalue weighted by Gasteiger charge is -2.34. The highest BCUT2D eigenvalue weighted by Crippen LogP contribution is 2.23. The summed E-state index contributed by atoms with van der Waals surface area (Å²) in [5.74, 6) is 0. The quantitative estimate of drug-likeness (QED) is 0.748. The van der Waals surface area contributed by atoms with Crippen LogP contribution >= 0.6 is 34.8 Å². The van der Waals surface area contributed by atoms with Gasteiger partial charge in [0.15, 0.2) is 0 Å². The van der Waals surface area contributed by atoms with E-state index in [9.17, 15) is 4.79 Å². The van der Waals surface area contributed by atoms with Crippen molar-refractivity contribution in [3.05, 3.63) is 68.2 Å². The van der Waals surface area contributed by atoms with Crippen LogP contribution in [0.1, 0.15) is 16.7 Å². The molecule has 0 aliphatic carbocycles. The zero-order valence-electron chi connectivity index (χ0n) is 15.1. The summed E-state index contributed by atoms with van der Waals surface area (Å²) >= 11 is 18.1. The number of nitrogens with one attached hydrogen (secondary N) is 1. The lowest BCUT2D eigenvalue weighted by Crippen LogP contribution is -2.51. The number of urea groups is 1. The van der Waals surface area contributed by atoms with Crippen LogP contribution in [0.3, 0.4) is 0 Å². The Balaban J connectivity index is 1.45. The van der Waals surface area contributed by atoms with Crippen molar-refractivity contribution in [2.75, 3.05) is 26.2 Å². The Hall–Kier alpha value is -1.46. The van der Waals surface area contributed by atoms with Gasteiger partial charge in [-0.15, -0.1) is 0 Å². The van der Waals surface area contributed by atoms with E-state index in [-0.39, 0.29) is 6.03 Å². The molecule has 7 heteroatoms. The molecule has 1 fully saturated rings. The fraction of sp³-hybridized carbons (Fsp3) is 0.350. The summed E-state index contributed by atoms with van der Waals surface area (Å²) in [6.45, 7) is 6.32. The van der Waals surface area contributed by atoms with E-state index in [2.05, 4.69) is 10.2 Å². The van der Waals surface area contributed by atoms with Crippen molar-refractivity contribution < 1.29 is 4.79 Å². The summed E-state index contributed by atoms with van der Waals surface area (Å²) in [4.78, 5) is 16.6. The molecule has 2 aromatic rings. The van der Waals surface area contributed by atoms with Crippen LogP contribution in [0.2, 0.25) is 15.1 Å². The second-order valence-corrected chi connectivity index (χ2v) is 7.98. The van der Waals surface area contributed by atoms with Gasteiger partial charge in [-0.1, -0.05) is 53.0 Å². The molecule has 0 unspecified atom stereocenters. The summed E-state index contributed by atoms with van der Waals surface area (Å²) in [5.41, 5.74) is 3.18. The smallest absolute Gasteiger partial charge is 0.317 e. The lowest BCUT2D eigenvalue weighted by molar-refractivity contribution is 0.135.